The van der Waals surface area contributed by atoms with Crippen LogP contribution in [0.2, 0.25) is 5.02 Å². The molecule has 0 bridgehead atoms. The molecule has 1 saturated heterocycles. The minimum Gasteiger partial charge on any atom is -0.365 e. The molecule has 0 unspecified atom stereocenters. The zero-order valence-corrected chi connectivity index (χ0v) is 20.6. The van der Waals surface area contributed by atoms with Gasteiger partial charge < -0.3 is 15.1 Å². The zero-order valence-electron chi connectivity index (χ0n) is 17.6. The molecule has 1 aliphatic rings. The highest BCUT2D eigenvalue weighted by Crippen LogP contribution is 2.35. The van der Waals surface area contributed by atoms with Crippen molar-refractivity contribution in [2.24, 2.45) is 0 Å². The Balaban J connectivity index is 1.48. The number of carbonyl (C=O) groups excluding carboxylic acids is 2. The number of halogens is 2. The summed E-state index contributed by atoms with van der Waals surface area (Å²) in [6, 6.07) is 20.6. The molecule has 1 N–H and O–H groups in total. The van der Waals surface area contributed by atoms with Crippen LogP contribution in [-0.2, 0) is 0 Å². The highest BCUT2D eigenvalue weighted by Gasteiger charge is 2.25. The van der Waals surface area contributed by atoms with Gasteiger partial charge in [0.05, 0.1) is 16.4 Å². The molecule has 5 nitrogen and oxygen atoms in total. The number of hydrogen-bond acceptors (Lipinski definition) is 3. The maximum Gasteiger partial charge on any atom is 0.255 e. The molecule has 0 saturated carbocycles. The predicted octanol–water partition coefficient (Wildman–Crippen LogP) is 5.47. The van der Waals surface area contributed by atoms with Gasteiger partial charge in [-0.05, 0) is 72.0 Å². The van der Waals surface area contributed by atoms with E-state index in [2.05, 4.69) is 32.8 Å². The molecule has 2 amide bonds. The SMILES string of the molecule is Cc1ccc(C(=O)N2CCN(c3c(Cl)cccc3NC(=O)c3cccc(I)c3)CC2)cc1. The van der Waals surface area contributed by atoms with Crippen LogP contribution in [-0.4, -0.2) is 42.9 Å². The van der Waals surface area contributed by atoms with Crippen LogP contribution in [0.25, 0.3) is 0 Å². The van der Waals surface area contributed by atoms with Crippen molar-refractivity contribution in [2.45, 2.75) is 6.92 Å². The summed E-state index contributed by atoms with van der Waals surface area (Å²) >= 11 is 8.74. The molecule has 4 rings (SSSR count). The molecule has 1 fully saturated rings. The minimum atomic E-state index is -0.180. The first kappa shape index (κ1) is 22.6. The van der Waals surface area contributed by atoms with Crippen molar-refractivity contribution in [3.63, 3.8) is 0 Å². The first-order valence-corrected chi connectivity index (χ1v) is 11.8. The standard InChI is InChI=1S/C25H23ClIN3O2/c1-17-8-10-18(11-9-17)25(32)30-14-12-29(13-15-30)23-21(26)6-3-7-22(23)28-24(31)19-4-2-5-20(27)16-19/h2-11,16H,12-15H2,1H3,(H,28,31). The van der Waals surface area contributed by atoms with E-state index >= 15 is 0 Å². The van der Waals surface area contributed by atoms with Crippen molar-refractivity contribution >= 4 is 57.4 Å². The first-order chi connectivity index (χ1) is 15.4. The zero-order chi connectivity index (χ0) is 22.7. The van der Waals surface area contributed by atoms with Crippen LogP contribution in [0, 0.1) is 10.5 Å². The molecule has 7 heteroatoms. The summed E-state index contributed by atoms with van der Waals surface area (Å²) in [6.07, 6.45) is 0. The van der Waals surface area contributed by atoms with Crippen LogP contribution in [0.5, 0.6) is 0 Å². The number of nitrogens with zero attached hydrogens (tertiary/aromatic N) is 2. The van der Waals surface area contributed by atoms with Gasteiger partial charge in [0, 0.05) is 40.9 Å². The summed E-state index contributed by atoms with van der Waals surface area (Å²) in [5.41, 5.74) is 3.88. The van der Waals surface area contributed by atoms with Gasteiger partial charge in [-0.2, -0.15) is 0 Å². The molecule has 32 heavy (non-hydrogen) atoms. The van der Waals surface area contributed by atoms with Gasteiger partial charge in [0.1, 0.15) is 0 Å². The normalized spacial score (nSPS) is 13.7. The van der Waals surface area contributed by atoms with E-state index in [1.807, 2.05) is 72.5 Å². The fraction of sp³-hybridized carbons (Fsp3) is 0.200. The number of amides is 2. The van der Waals surface area contributed by atoms with Crippen LogP contribution >= 0.6 is 34.2 Å². The molecule has 1 aliphatic heterocycles. The predicted molar refractivity (Wildman–Crippen MR) is 138 cm³/mol. The molecule has 0 atom stereocenters. The number of benzene rings is 3. The van der Waals surface area contributed by atoms with Gasteiger partial charge >= 0.3 is 0 Å². The van der Waals surface area contributed by atoms with Crippen LogP contribution in [0.4, 0.5) is 11.4 Å². The number of hydrogen-bond donors (Lipinski definition) is 1. The summed E-state index contributed by atoms with van der Waals surface area (Å²) in [5.74, 6) is -0.142. The van der Waals surface area contributed by atoms with Gasteiger partial charge in [0.15, 0.2) is 0 Å². The van der Waals surface area contributed by atoms with Gasteiger partial charge in [0.25, 0.3) is 11.8 Å². The summed E-state index contributed by atoms with van der Waals surface area (Å²) in [7, 11) is 0. The van der Waals surface area contributed by atoms with Gasteiger partial charge in [-0.25, -0.2) is 0 Å². The summed E-state index contributed by atoms with van der Waals surface area (Å²) in [4.78, 5) is 29.6. The van der Waals surface area contributed by atoms with Crippen molar-refractivity contribution in [1.29, 1.82) is 0 Å². The Kier molecular flexibility index (Phi) is 7.01. The lowest BCUT2D eigenvalue weighted by molar-refractivity contribution is 0.0746. The quantitative estimate of drug-likeness (QED) is 0.432. The van der Waals surface area contributed by atoms with E-state index in [-0.39, 0.29) is 11.8 Å². The summed E-state index contributed by atoms with van der Waals surface area (Å²) in [5, 5.41) is 3.58. The highest BCUT2D eigenvalue weighted by molar-refractivity contribution is 14.1. The highest BCUT2D eigenvalue weighted by atomic mass is 127. The third-order valence-electron chi connectivity index (χ3n) is 5.50. The molecular formula is C25H23ClIN3O2. The summed E-state index contributed by atoms with van der Waals surface area (Å²) in [6.45, 7) is 4.44. The van der Waals surface area contributed by atoms with Crippen molar-refractivity contribution in [2.75, 3.05) is 36.4 Å². The average molecular weight is 560 g/mol. The molecule has 0 aliphatic carbocycles. The van der Waals surface area contributed by atoms with Crippen molar-refractivity contribution in [3.8, 4) is 0 Å². The topological polar surface area (TPSA) is 52.7 Å². The number of anilines is 2. The Morgan fingerprint density at radius 1 is 0.906 bits per heavy atom. The van der Waals surface area contributed by atoms with Crippen molar-refractivity contribution < 1.29 is 9.59 Å². The lowest BCUT2D eigenvalue weighted by atomic mass is 10.1. The van der Waals surface area contributed by atoms with Crippen LogP contribution in [0.3, 0.4) is 0 Å². The molecular weight excluding hydrogens is 537 g/mol. The third-order valence-corrected chi connectivity index (χ3v) is 6.48. The Labute approximate surface area is 206 Å². The number of rotatable bonds is 4. The fourth-order valence-electron chi connectivity index (χ4n) is 3.77. The van der Waals surface area contributed by atoms with Crippen LogP contribution in [0.1, 0.15) is 26.3 Å². The maximum absolute atomic E-state index is 12.8. The van der Waals surface area contributed by atoms with Crippen LogP contribution < -0.4 is 10.2 Å². The van der Waals surface area contributed by atoms with E-state index < -0.39 is 0 Å². The third kappa shape index (κ3) is 5.07. The van der Waals surface area contributed by atoms with E-state index in [1.54, 1.807) is 6.07 Å². The Morgan fingerprint density at radius 3 is 2.28 bits per heavy atom. The monoisotopic (exact) mass is 559 g/mol. The van der Waals surface area contributed by atoms with Gasteiger partial charge in [0.2, 0.25) is 0 Å². The number of para-hydroxylation sites is 1. The van der Waals surface area contributed by atoms with Gasteiger partial charge in [-0.3, -0.25) is 9.59 Å². The van der Waals surface area contributed by atoms with Gasteiger partial charge in [-0.1, -0.05) is 41.4 Å². The second-order valence-electron chi connectivity index (χ2n) is 7.75. The van der Waals surface area contributed by atoms with E-state index in [9.17, 15) is 9.59 Å². The number of aryl methyl sites for hydroxylation is 1. The van der Waals surface area contributed by atoms with Crippen molar-refractivity contribution in [3.05, 3.63) is 92.0 Å². The first-order valence-electron chi connectivity index (χ1n) is 10.4. The molecule has 0 spiro atoms. The van der Waals surface area contributed by atoms with Crippen molar-refractivity contribution in [1.82, 2.24) is 4.90 Å². The van der Waals surface area contributed by atoms with E-state index in [4.69, 9.17) is 11.6 Å². The molecule has 164 valence electrons. The summed E-state index contributed by atoms with van der Waals surface area (Å²) < 4.78 is 0.996. The molecule has 0 aromatic heterocycles. The maximum atomic E-state index is 12.8. The van der Waals surface area contributed by atoms with E-state index in [0.717, 1.165) is 14.8 Å². The lowest BCUT2D eigenvalue weighted by Gasteiger charge is -2.37. The molecule has 0 radical (unpaired) electrons. The fourth-order valence-corrected chi connectivity index (χ4v) is 4.61. The second kappa shape index (κ2) is 9.92. The number of carbonyl (C=O) groups is 2. The molecule has 3 aromatic rings. The number of piperazine rings is 1. The smallest absolute Gasteiger partial charge is 0.255 e. The van der Waals surface area contributed by atoms with Gasteiger partial charge in [-0.15, -0.1) is 0 Å². The average Bonchev–Trinajstić information content (AvgIpc) is 2.79. The molecule has 3 aromatic carbocycles. The van der Waals surface area contributed by atoms with E-state index in [1.165, 1.54) is 0 Å². The van der Waals surface area contributed by atoms with Crippen LogP contribution in [0.15, 0.2) is 66.7 Å². The minimum absolute atomic E-state index is 0.0380. The lowest BCUT2D eigenvalue weighted by Crippen LogP contribution is -2.49. The second-order valence-corrected chi connectivity index (χ2v) is 9.40. The number of nitrogens with one attached hydrogen (secondary N) is 1. The Morgan fingerprint density at radius 2 is 1.59 bits per heavy atom. The van der Waals surface area contributed by atoms with E-state index in [0.29, 0.717) is 48.0 Å². The Hall–Kier alpha value is -2.58. The Bertz CT molecular complexity index is 1140. The largest absolute Gasteiger partial charge is 0.365 e. The molecule has 1 heterocycles.